The van der Waals surface area contributed by atoms with Crippen LogP contribution in [0.2, 0.25) is 0 Å². The Hall–Kier alpha value is -1.82. The molecule has 0 radical (unpaired) electrons. The first kappa shape index (κ1) is 14.6. The Kier molecular flexibility index (Phi) is 4.44. The summed E-state index contributed by atoms with van der Waals surface area (Å²) < 4.78 is 44.7. The molecule has 2 nitrogen and oxygen atoms in total. The maximum absolute atomic E-state index is 13.4. The van der Waals surface area contributed by atoms with Gasteiger partial charge in [-0.25, -0.2) is 13.2 Å². The molecule has 0 heterocycles. The standard InChI is InChI=1S/C14H8BrF3O2/c15-11-4-2-9(17)6-14(11)20-7-13(19)10-3-1-8(16)5-12(10)18/h1-6H,7H2. The number of Topliss-reactive ketones (excluding diaryl/α,β-unsaturated/α-hetero) is 1. The van der Waals surface area contributed by atoms with Gasteiger partial charge in [-0.05, 0) is 40.2 Å². The SMILES string of the molecule is O=C(COc1cc(F)ccc1Br)c1ccc(F)cc1F. The molecule has 0 saturated heterocycles. The van der Waals surface area contributed by atoms with Crippen molar-refractivity contribution in [1.82, 2.24) is 0 Å². The molecule has 0 aromatic heterocycles. The molecule has 2 aromatic rings. The highest BCUT2D eigenvalue weighted by Crippen LogP contribution is 2.25. The first-order valence-corrected chi connectivity index (χ1v) is 6.33. The van der Waals surface area contributed by atoms with E-state index in [1.807, 2.05) is 0 Å². The lowest BCUT2D eigenvalue weighted by atomic mass is 10.1. The minimum atomic E-state index is -0.961. The van der Waals surface area contributed by atoms with Crippen molar-refractivity contribution < 1.29 is 22.7 Å². The van der Waals surface area contributed by atoms with Gasteiger partial charge in [-0.1, -0.05) is 0 Å². The van der Waals surface area contributed by atoms with Crippen molar-refractivity contribution in [3.05, 3.63) is 63.9 Å². The van der Waals surface area contributed by atoms with Crippen LogP contribution in [0.25, 0.3) is 0 Å². The molecular weight excluding hydrogens is 337 g/mol. The van der Waals surface area contributed by atoms with Crippen LogP contribution in [-0.4, -0.2) is 12.4 Å². The molecule has 0 amide bonds. The van der Waals surface area contributed by atoms with Crippen molar-refractivity contribution in [3.8, 4) is 5.75 Å². The number of carbonyl (C=O) groups excluding carboxylic acids is 1. The van der Waals surface area contributed by atoms with Gasteiger partial charge in [-0.15, -0.1) is 0 Å². The Morgan fingerprint density at radius 1 is 1.05 bits per heavy atom. The van der Waals surface area contributed by atoms with E-state index in [1.54, 1.807) is 0 Å². The van der Waals surface area contributed by atoms with E-state index < -0.39 is 29.8 Å². The van der Waals surface area contributed by atoms with Gasteiger partial charge >= 0.3 is 0 Å². The number of ether oxygens (including phenoxy) is 1. The summed E-state index contributed by atoms with van der Waals surface area (Å²) in [5.41, 5.74) is -0.279. The molecule has 0 aliphatic rings. The van der Waals surface area contributed by atoms with E-state index in [9.17, 15) is 18.0 Å². The molecule has 0 aliphatic heterocycles. The second-order valence-corrected chi connectivity index (χ2v) is 4.77. The second kappa shape index (κ2) is 6.09. The van der Waals surface area contributed by atoms with Crippen LogP contribution in [0.5, 0.6) is 5.75 Å². The molecule has 0 spiro atoms. The summed E-state index contributed by atoms with van der Waals surface area (Å²) in [6.45, 7) is -0.482. The number of rotatable bonds is 4. The number of ketones is 1. The summed E-state index contributed by atoms with van der Waals surface area (Å²) in [5, 5.41) is 0. The van der Waals surface area contributed by atoms with Gasteiger partial charge < -0.3 is 4.74 Å². The maximum atomic E-state index is 13.4. The Balaban J connectivity index is 2.10. The van der Waals surface area contributed by atoms with Gasteiger partial charge in [0.15, 0.2) is 6.61 Å². The molecule has 0 aliphatic carbocycles. The third kappa shape index (κ3) is 3.39. The predicted octanol–water partition coefficient (Wildman–Crippen LogP) is 4.13. The van der Waals surface area contributed by atoms with Crippen LogP contribution in [0.3, 0.4) is 0 Å². The Bertz CT molecular complexity index is 659. The molecule has 6 heteroatoms. The van der Waals surface area contributed by atoms with Gasteiger partial charge in [0.05, 0.1) is 10.0 Å². The van der Waals surface area contributed by atoms with Crippen molar-refractivity contribution in [2.75, 3.05) is 6.61 Å². The van der Waals surface area contributed by atoms with E-state index in [1.165, 1.54) is 12.1 Å². The molecule has 0 bridgehead atoms. The van der Waals surface area contributed by atoms with Gasteiger partial charge in [-0.3, -0.25) is 4.79 Å². The molecule has 104 valence electrons. The first-order valence-electron chi connectivity index (χ1n) is 5.53. The highest BCUT2D eigenvalue weighted by Gasteiger charge is 2.14. The van der Waals surface area contributed by atoms with Crippen LogP contribution in [0, 0.1) is 17.5 Å². The minimum Gasteiger partial charge on any atom is -0.484 e. The number of halogens is 4. The zero-order valence-corrected chi connectivity index (χ0v) is 11.6. The summed E-state index contributed by atoms with van der Waals surface area (Å²) in [5.74, 6) is -2.80. The maximum Gasteiger partial charge on any atom is 0.203 e. The summed E-state index contributed by atoms with van der Waals surface area (Å²) in [4.78, 5) is 11.7. The number of carbonyl (C=O) groups is 1. The smallest absolute Gasteiger partial charge is 0.203 e. The van der Waals surface area contributed by atoms with Crippen molar-refractivity contribution in [3.63, 3.8) is 0 Å². The summed E-state index contributed by atoms with van der Waals surface area (Å²) in [6, 6.07) is 6.38. The third-order valence-corrected chi connectivity index (χ3v) is 3.14. The second-order valence-electron chi connectivity index (χ2n) is 3.91. The van der Waals surface area contributed by atoms with Gasteiger partial charge in [0.2, 0.25) is 5.78 Å². The fourth-order valence-corrected chi connectivity index (χ4v) is 1.89. The topological polar surface area (TPSA) is 26.3 Å². The van der Waals surface area contributed by atoms with E-state index >= 15 is 0 Å². The van der Waals surface area contributed by atoms with Gasteiger partial charge in [0.25, 0.3) is 0 Å². The molecule has 2 aromatic carbocycles. The Morgan fingerprint density at radius 2 is 1.70 bits per heavy atom. The molecule has 0 unspecified atom stereocenters. The minimum absolute atomic E-state index is 0.126. The van der Waals surface area contributed by atoms with Gasteiger partial charge in [0, 0.05) is 12.1 Å². The van der Waals surface area contributed by atoms with Crippen molar-refractivity contribution in [1.29, 1.82) is 0 Å². The van der Waals surface area contributed by atoms with Gasteiger partial charge in [0.1, 0.15) is 23.2 Å². The fourth-order valence-electron chi connectivity index (χ4n) is 1.52. The van der Waals surface area contributed by atoms with Crippen LogP contribution in [0.15, 0.2) is 40.9 Å². The highest BCUT2D eigenvalue weighted by molar-refractivity contribution is 9.10. The lowest BCUT2D eigenvalue weighted by molar-refractivity contribution is 0.0916. The quantitative estimate of drug-likeness (QED) is 0.779. The van der Waals surface area contributed by atoms with E-state index in [4.69, 9.17) is 4.74 Å². The van der Waals surface area contributed by atoms with Crippen LogP contribution in [-0.2, 0) is 0 Å². The Morgan fingerprint density at radius 3 is 2.40 bits per heavy atom. The van der Waals surface area contributed by atoms with Gasteiger partial charge in [-0.2, -0.15) is 0 Å². The van der Waals surface area contributed by atoms with Crippen LogP contribution in [0.4, 0.5) is 13.2 Å². The van der Waals surface area contributed by atoms with Crippen molar-refractivity contribution in [2.24, 2.45) is 0 Å². The highest BCUT2D eigenvalue weighted by atomic mass is 79.9. The fraction of sp³-hybridized carbons (Fsp3) is 0.0714. The van der Waals surface area contributed by atoms with E-state index in [-0.39, 0.29) is 11.3 Å². The molecular formula is C14H8BrF3O2. The monoisotopic (exact) mass is 344 g/mol. The number of hydrogen-bond donors (Lipinski definition) is 0. The van der Waals surface area contributed by atoms with E-state index in [0.29, 0.717) is 10.5 Å². The summed E-state index contributed by atoms with van der Waals surface area (Å²) in [6.07, 6.45) is 0. The zero-order chi connectivity index (χ0) is 14.7. The summed E-state index contributed by atoms with van der Waals surface area (Å²) >= 11 is 3.13. The van der Waals surface area contributed by atoms with Crippen LogP contribution in [0.1, 0.15) is 10.4 Å². The van der Waals surface area contributed by atoms with Crippen LogP contribution >= 0.6 is 15.9 Å². The normalized spacial score (nSPS) is 10.4. The largest absolute Gasteiger partial charge is 0.484 e. The van der Waals surface area contributed by atoms with Crippen LogP contribution < -0.4 is 4.74 Å². The zero-order valence-electron chi connectivity index (χ0n) is 10.00. The Labute approximate surface area is 121 Å². The predicted molar refractivity (Wildman–Crippen MR) is 70.3 cm³/mol. The average Bonchev–Trinajstić information content (AvgIpc) is 2.39. The summed E-state index contributed by atoms with van der Waals surface area (Å²) in [7, 11) is 0. The van der Waals surface area contributed by atoms with Crippen molar-refractivity contribution >= 4 is 21.7 Å². The molecule has 0 saturated carbocycles. The van der Waals surface area contributed by atoms with E-state index in [0.717, 1.165) is 18.2 Å². The molecule has 2 rings (SSSR count). The molecule has 0 atom stereocenters. The lowest BCUT2D eigenvalue weighted by Crippen LogP contribution is -2.13. The number of benzene rings is 2. The lowest BCUT2D eigenvalue weighted by Gasteiger charge is -2.08. The van der Waals surface area contributed by atoms with E-state index in [2.05, 4.69) is 15.9 Å². The molecule has 0 fully saturated rings. The number of hydrogen-bond acceptors (Lipinski definition) is 2. The molecule has 20 heavy (non-hydrogen) atoms. The average molecular weight is 345 g/mol. The van der Waals surface area contributed by atoms with Crippen molar-refractivity contribution in [2.45, 2.75) is 0 Å². The third-order valence-electron chi connectivity index (χ3n) is 2.48. The molecule has 0 N–H and O–H groups in total. The first-order chi connectivity index (χ1) is 9.47.